The molecule has 2 bridgehead atoms. The lowest BCUT2D eigenvalue weighted by molar-refractivity contribution is -0.140. The number of nitrogens with zero attached hydrogens (tertiary/aromatic N) is 2. The molecule has 2 amide bonds. The van der Waals surface area contributed by atoms with Gasteiger partial charge in [0.25, 0.3) is 11.8 Å². The van der Waals surface area contributed by atoms with Crippen LogP contribution < -0.4 is 4.87 Å². The Hall–Kier alpha value is -2.39. The number of thiazole rings is 1. The number of amides is 2. The number of thioether (sulfide) groups is 1. The zero-order valence-corrected chi connectivity index (χ0v) is 21.8. The summed E-state index contributed by atoms with van der Waals surface area (Å²) in [6.45, 7) is 0. The SMILES string of the molecule is O=C1C2C3CC(C2C(=O)N1/N=C/c1ccc(Cl)cc1)C1C(c2ccc(Cl)cc2)c2sc(=O)[nH]c2SC31. The fourth-order valence-electron chi connectivity index (χ4n) is 6.83. The number of halogens is 2. The van der Waals surface area contributed by atoms with Crippen molar-refractivity contribution in [3.05, 3.63) is 84.2 Å². The smallest absolute Gasteiger partial charge is 0.305 e. The molecule has 2 aromatic carbocycles. The average molecular weight is 556 g/mol. The van der Waals surface area contributed by atoms with E-state index in [1.54, 1.807) is 36.0 Å². The van der Waals surface area contributed by atoms with Crippen molar-refractivity contribution < 1.29 is 9.59 Å². The van der Waals surface area contributed by atoms with Crippen LogP contribution in [0, 0.1) is 29.6 Å². The van der Waals surface area contributed by atoms with E-state index in [0.29, 0.717) is 10.0 Å². The predicted molar refractivity (Wildman–Crippen MR) is 141 cm³/mol. The number of rotatable bonds is 3. The number of carbonyl (C=O) groups is 2. The molecule has 4 aliphatic rings. The average Bonchev–Trinajstić information content (AvgIpc) is 3.59. The lowest BCUT2D eigenvalue weighted by Gasteiger charge is -2.43. The highest BCUT2D eigenvalue weighted by atomic mass is 35.5. The van der Waals surface area contributed by atoms with E-state index < -0.39 is 0 Å². The maximum atomic E-state index is 13.6. The molecule has 3 fully saturated rings. The largest absolute Gasteiger partial charge is 0.307 e. The van der Waals surface area contributed by atoms with E-state index in [9.17, 15) is 14.4 Å². The number of hydrazone groups is 1. The van der Waals surface area contributed by atoms with Crippen molar-refractivity contribution in [1.82, 2.24) is 9.99 Å². The van der Waals surface area contributed by atoms with Crippen LogP contribution in [0.1, 0.15) is 28.3 Å². The van der Waals surface area contributed by atoms with Crippen LogP contribution in [-0.4, -0.2) is 33.3 Å². The van der Waals surface area contributed by atoms with Crippen molar-refractivity contribution in [2.45, 2.75) is 22.6 Å². The Kier molecular flexibility index (Phi) is 5.26. The van der Waals surface area contributed by atoms with Gasteiger partial charge in [-0.25, -0.2) is 0 Å². The molecule has 3 aromatic rings. The standard InChI is InChI=1S/C26H19Cl2N3O3S2/c27-13-5-1-11(2-6-13)10-29-31-24(32)19-15-9-16(20(19)25(31)33)21-18(15)17(12-3-7-14(28)8-4-12)22-23(35-21)30-26(34)36-22/h1-8,10,15-21H,9H2,(H,30,34)/b29-10+. The second-order valence-electron chi connectivity index (χ2n) is 9.80. The molecular weight excluding hydrogens is 537 g/mol. The number of hydrogen-bond acceptors (Lipinski definition) is 6. The maximum absolute atomic E-state index is 13.6. The molecule has 36 heavy (non-hydrogen) atoms. The van der Waals surface area contributed by atoms with Crippen LogP contribution in [0.25, 0.3) is 0 Å². The summed E-state index contributed by atoms with van der Waals surface area (Å²) in [6, 6.07) is 14.8. The first kappa shape index (κ1) is 22.8. The molecule has 182 valence electrons. The highest BCUT2D eigenvalue weighted by Crippen LogP contribution is 2.68. The van der Waals surface area contributed by atoms with Gasteiger partial charge in [0.15, 0.2) is 0 Å². The van der Waals surface area contributed by atoms with Gasteiger partial charge in [0.1, 0.15) is 0 Å². The predicted octanol–water partition coefficient (Wildman–Crippen LogP) is 5.25. The van der Waals surface area contributed by atoms with E-state index in [0.717, 1.165) is 32.5 Å². The number of nitrogens with one attached hydrogen (secondary N) is 1. The van der Waals surface area contributed by atoms with Gasteiger partial charge < -0.3 is 4.98 Å². The normalized spacial score (nSPS) is 32.3. The molecule has 7 rings (SSSR count). The third-order valence-corrected chi connectivity index (χ3v) is 11.2. The molecule has 1 aromatic heterocycles. The van der Waals surface area contributed by atoms with E-state index >= 15 is 0 Å². The van der Waals surface area contributed by atoms with Crippen molar-refractivity contribution in [3.63, 3.8) is 0 Å². The van der Waals surface area contributed by atoms with Gasteiger partial charge in [-0.3, -0.25) is 14.4 Å². The summed E-state index contributed by atoms with van der Waals surface area (Å²) >= 11 is 15.0. The van der Waals surface area contributed by atoms with E-state index in [-0.39, 0.29) is 57.4 Å². The summed E-state index contributed by atoms with van der Waals surface area (Å²) in [5.41, 5.74) is 1.85. The number of aromatic nitrogens is 1. The number of hydrogen-bond donors (Lipinski definition) is 1. The van der Waals surface area contributed by atoms with Crippen molar-refractivity contribution in [2.75, 3.05) is 0 Å². The molecule has 1 saturated heterocycles. The molecular formula is C26H19Cl2N3O3S2. The molecule has 7 unspecified atom stereocenters. The van der Waals surface area contributed by atoms with E-state index in [2.05, 4.69) is 10.1 Å². The Morgan fingerprint density at radius 3 is 2.25 bits per heavy atom. The minimum absolute atomic E-state index is 0.0158. The van der Waals surface area contributed by atoms with Crippen molar-refractivity contribution in [1.29, 1.82) is 0 Å². The third kappa shape index (κ3) is 3.31. The van der Waals surface area contributed by atoms with Gasteiger partial charge in [-0.2, -0.15) is 10.1 Å². The Labute approximate surface area is 224 Å². The molecule has 3 heterocycles. The molecule has 2 aliphatic heterocycles. The van der Waals surface area contributed by atoms with Crippen LogP contribution in [0.2, 0.25) is 10.0 Å². The first-order valence-electron chi connectivity index (χ1n) is 11.7. The minimum atomic E-state index is -0.376. The summed E-state index contributed by atoms with van der Waals surface area (Å²) in [4.78, 5) is 43.3. The highest BCUT2D eigenvalue weighted by Gasteiger charge is 2.69. The van der Waals surface area contributed by atoms with Gasteiger partial charge >= 0.3 is 4.87 Å². The minimum Gasteiger partial charge on any atom is -0.307 e. The fraction of sp³-hybridized carbons (Fsp3) is 0.308. The van der Waals surface area contributed by atoms with Crippen LogP contribution in [0.3, 0.4) is 0 Å². The van der Waals surface area contributed by atoms with Crippen molar-refractivity contribution in [2.24, 2.45) is 34.7 Å². The monoisotopic (exact) mass is 555 g/mol. The van der Waals surface area contributed by atoms with Crippen LogP contribution >= 0.6 is 46.3 Å². The summed E-state index contributed by atoms with van der Waals surface area (Å²) in [7, 11) is 0. The zero-order valence-electron chi connectivity index (χ0n) is 18.6. The Morgan fingerprint density at radius 2 is 1.56 bits per heavy atom. The van der Waals surface area contributed by atoms with Gasteiger partial charge in [0, 0.05) is 26.1 Å². The molecule has 0 spiro atoms. The zero-order chi connectivity index (χ0) is 24.7. The van der Waals surface area contributed by atoms with Crippen LogP contribution in [0.5, 0.6) is 0 Å². The quantitative estimate of drug-likeness (QED) is 0.353. The first-order valence-corrected chi connectivity index (χ1v) is 14.2. The molecule has 7 atom stereocenters. The van der Waals surface area contributed by atoms with Gasteiger partial charge in [-0.05, 0) is 59.6 Å². The number of carbonyl (C=O) groups excluding carboxylic acids is 2. The Morgan fingerprint density at radius 1 is 0.917 bits per heavy atom. The van der Waals surface area contributed by atoms with Gasteiger partial charge in [-0.1, -0.05) is 58.8 Å². The van der Waals surface area contributed by atoms with E-state index in [1.807, 2.05) is 24.3 Å². The molecule has 2 aliphatic carbocycles. The van der Waals surface area contributed by atoms with Gasteiger partial charge in [-0.15, -0.1) is 11.8 Å². The Balaban J connectivity index is 1.25. The first-order chi connectivity index (χ1) is 17.4. The number of H-pyrrole nitrogens is 1. The fourth-order valence-corrected chi connectivity index (χ4v) is 9.97. The third-order valence-electron chi connectivity index (χ3n) is 8.12. The summed E-state index contributed by atoms with van der Waals surface area (Å²) in [5, 5.41) is 7.69. The molecule has 2 saturated carbocycles. The number of benzene rings is 2. The van der Waals surface area contributed by atoms with Gasteiger partial charge in [0.05, 0.1) is 23.1 Å². The van der Waals surface area contributed by atoms with Crippen molar-refractivity contribution >= 4 is 64.3 Å². The van der Waals surface area contributed by atoms with Crippen LogP contribution in [0.4, 0.5) is 0 Å². The molecule has 1 N–H and O–H groups in total. The summed E-state index contributed by atoms with van der Waals surface area (Å²) in [6.07, 6.45) is 2.38. The highest BCUT2D eigenvalue weighted by molar-refractivity contribution is 8.00. The van der Waals surface area contributed by atoms with Crippen LogP contribution in [-0.2, 0) is 9.59 Å². The Bertz CT molecular complexity index is 1480. The van der Waals surface area contributed by atoms with Crippen LogP contribution in [0.15, 0.2) is 63.5 Å². The summed E-state index contributed by atoms with van der Waals surface area (Å²) in [5.74, 6) is -0.917. The molecule has 6 nitrogen and oxygen atoms in total. The molecule has 10 heteroatoms. The van der Waals surface area contributed by atoms with E-state index in [1.165, 1.54) is 17.6 Å². The maximum Gasteiger partial charge on any atom is 0.305 e. The second-order valence-corrected chi connectivity index (χ2v) is 12.9. The topological polar surface area (TPSA) is 82.6 Å². The number of aromatic amines is 1. The van der Waals surface area contributed by atoms with Gasteiger partial charge in [0.2, 0.25) is 0 Å². The number of fused-ring (bicyclic) bond motifs is 9. The molecule has 0 radical (unpaired) electrons. The second kappa shape index (κ2) is 8.31. The van der Waals surface area contributed by atoms with Crippen molar-refractivity contribution in [3.8, 4) is 0 Å². The lowest BCUT2D eigenvalue weighted by Crippen LogP contribution is -2.42. The summed E-state index contributed by atoms with van der Waals surface area (Å²) < 4.78 is 0. The number of imide groups is 1. The van der Waals surface area contributed by atoms with E-state index in [4.69, 9.17) is 23.2 Å². The lowest BCUT2D eigenvalue weighted by atomic mass is 9.68.